The Balaban J connectivity index is 2.13. The largest absolute Gasteiger partial charge is 0.389 e. The van der Waals surface area contributed by atoms with Crippen molar-refractivity contribution in [1.29, 1.82) is 0 Å². The number of thiocarbonyl (C=S) groups is 1. The van der Waals surface area contributed by atoms with Crippen LogP contribution in [0.15, 0.2) is 29.6 Å². The fourth-order valence-electron chi connectivity index (χ4n) is 1.52. The van der Waals surface area contributed by atoms with Gasteiger partial charge in [-0.2, -0.15) is 0 Å². The van der Waals surface area contributed by atoms with E-state index in [9.17, 15) is 0 Å². The predicted octanol–water partition coefficient (Wildman–Crippen LogP) is 3.82. The first kappa shape index (κ1) is 14.0. The van der Waals surface area contributed by atoms with Crippen molar-refractivity contribution < 1.29 is 0 Å². The summed E-state index contributed by atoms with van der Waals surface area (Å²) in [6.45, 7) is 6.47. The zero-order valence-electron chi connectivity index (χ0n) is 11.2. The molecule has 0 atom stereocenters. The van der Waals surface area contributed by atoms with E-state index in [0.29, 0.717) is 4.99 Å². The maximum Gasteiger partial charge on any atom is 0.187 e. The van der Waals surface area contributed by atoms with Crippen LogP contribution in [0.3, 0.4) is 0 Å². The molecule has 0 aliphatic rings. The molecule has 1 aromatic carbocycles. The number of nitrogens with two attached hydrogens (primary N) is 1. The summed E-state index contributed by atoms with van der Waals surface area (Å²) in [6.07, 6.45) is 0. The Kier molecular flexibility index (Phi) is 3.87. The van der Waals surface area contributed by atoms with Crippen LogP contribution in [-0.4, -0.2) is 9.97 Å². The molecule has 0 fully saturated rings. The predicted molar refractivity (Wildman–Crippen MR) is 86.4 cm³/mol. The van der Waals surface area contributed by atoms with E-state index in [2.05, 4.69) is 36.5 Å². The standard InChI is InChI=1S/C14H17N3S2/c1-14(2,3)11-8-19-13(17-11)16-10-6-4-9(5-7-10)12(15)18/h4-8H,1-3H3,(H2,15,18)(H,16,17). The van der Waals surface area contributed by atoms with Gasteiger partial charge in [0.1, 0.15) is 4.99 Å². The molecule has 0 radical (unpaired) electrons. The summed E-state index contributed by atoms with van der Waals surface area (Å²) in [5, 5.41) is 6.27. The molecule has 1 heterocycles. The van der Waals surface area contributed by atoms with E-state index in [1.807, 2.05) is 24.3 Å². The molecule has 0 amide bonds. The van der Waals surface area contributed by atoms with Crippen LogP contribution >= 0.6 is 23.6 Å². The molecule has 0 saturated heterocycles. The Labute approximate surface area is 122 Å². The van der Waals surface area contributed by atoms with Crippen molar-refractivity contribution in [2.24, 2.45) is 5.73 Å². The number of hydrogen-bond donors (Lipinski definition) is 2. The summed E-state index contributed by atoms with van der Waals surface area (Å²) in [5.41, 5.74) is 8.59. The summed E-state index contributed by atoms with van der Waals surface area (Å²) in [5.74, 6) is 0. The van der Waals surface area contributed by atoms with Crippen molar-refractivity contribution in [2.75, 3.05) is 5.32 Å². The van der Waals surface area contributed by atoms with Crippen LogP contribution in [0, 0.1) is 0 Å². The van der Waals surface area contributed by atoms with Gasteiger partial charge in [0.15, 0.2) is 5.13 Å². The molecule has 3 N–H and O–H groups in total. The zero-order valence-corrected chi connectivity index (χ0v) is 12.9. The Hall–Kier alpha value is -1.46. The first-order chi connectivity index (χ1) is 8.86. The molecule has 3 nitrogen and oxygen atoms in total. The van der Waals surface area contributed by atoms with E-state index in [4.69, 9.17) is 18.0 Å². The molecule has 0 aliphatic carbocycles. The van der Waals surface area contributed by atoms with Gasteiger partial charge in [0.05, 0.1) is 5.69 Å². The summed E-state index contributed by atoms with van der Waals surface area (Å²) in [7, 11) is 0. The molecule has 100 valence electrons. The second-order valence-electron chi connectivity index (χ2n) is 5.35. The second kappa shape index (κ2) is 5.27. The fraction of sp³-hybridized carbons (Fsp3) is 0.286. The van der Waals surface area contributed by atoms with Gasteiger partial charge >= 0.3 is 0 Å². The van der Waals surface area contributed by atoms with Gasteiger partial charge < -0.3 is 11.1 Å². The third-order valence-electron chi connectivity index (χ3n) is 2.69. The Morgan fingerprint density at radius 2 is 1.89 bits per heavy atom. The maximum absolute atomic E-state index is 5.57. The second-order valence-corrected chi connectivity index (χ2v) is 6.65. The molecule has 5 heteroatoms. The van der Waals surface area contributed by atoms with Crippen molar-refractivity contribution in [2.45, 2.75) is 26.2 Å². The molecule has 1 aromatic heterocycles. The van der Waals surface area contributed by atoms with Gasteiger partial charge in [-0.15, -0.1) is 11.3 Å². The van der Waals surface area contributed by atoms with E-state index < -0.39 is 0 Å². The van der Waals surface area contributed by atoms with E-state index in [1.54, 1.807) is 11.3 Å². The highest BCUT2D eigenvalue weighted by Gasteiger charge is 2.17. The normalized spacial score (nSPS) is 11.3. The number of thiazole rings is 1. The third-order valence-corrected chi connectivity index (χ3v) is 3.69. The number of nitrogens with zero attached hydrogens (tertiary/aromatic N) is 1. The lowest BCUT2D eigenvalue weighted by Crippen LogP contribution is -2.11. The van der Waals surface area contributed by atoms with E-state index in [1.165, 1.54) is 0 Å². The number of aromatic nitrogens is 1. The summed E-state index contributed by atoms with van der Waals surface area (Å²) in [6, 6.07) is 7.71. The van der Waals surface area contributed by atoms with Crippen LogP contribution < -0.4 is 11.1 Å². The van der Waals surface area contributed by atoms with Crippen LogP contribution in [0.5, 0.6) is 0 Å². The van der Waals surface area contributed by atoms with Crippen molar-refractivity contribution in [3.8, 4) is 0 Å². The molecular weight excluding hydrogens is 274 g/mol. The molecule has 0 bridgehead atoms. The Morgan fingerprint density at radius 3 is 2.37 bits per heavy atom. The fourth-order valence-corrected chi connectivity index (χ4v) is 2.61. The highest BCUT2D eigenvalue weighted by Crippen LogP contribution is 2.28. The van der Waals surface area contributed by atoms with Crippen LogP contribution in [0.4, 0.5) is 10.8 Å². The van der Waals surface area contributed by atoms with Crippen LogP contribution in [0.2, 0.25) is 0 Å². The van der Waals surface area contributed by atoms with E-state index >= 15 is 0 Å². The van der Waals surface area contributed by atoms with Gasteiger partial charge in [-0.3, -0.25) is 0 Å². The summed E-state index contributed by atoms with van der Waals surface area (Å²) >= 11 is 6.54. The molecule has 2 aromatic rings. The lowest BCUT2D eigenvalue weighted by atomic mass is 9.93. The monoisotopic (exact) mass is 291 g/mol. The highest BCUT2D eigenvalue weighted by molar-refractivity contribution is 7.80. The van der Waals surface area contributed by atoms with E-state index in [0.717, 1.165) is 22.1 Å². The Bertz CT molecular complexity index is 579. The highest BCUT2D eigenvalue weighted by atomic mass is 32.1. The SMILES string of the molecule is CC(C)(C)c1csc(Nc2ccc(C(N)=S)cc2)n1. The first-order valence-corrected chi connectivity index (χ1v) is 7.28. The van der Waals surface area contributed by atoms with Gasteiger partial charge in [0.2, 0.25) is 0 Å². The van der Waals surface area contributed by atoms with Crippen LogP contribution in [-0.2, 0) is 5.41 Å². The minimum atomic E-state index is 0.0754. The minimum Gasteiger partial charge on any atom is -0.389 e. The van der Waals surface area contributed by atoms with Gasteiger partial charge in [-0.05, 0) is 24.3 Å². The number of anilines is 2. The smallest absolute Gasteiger partial charge is 0.187 e. The molecule has 0 aliphatic heterocycles. The molecule has 19 heavy (non-hydrogen) atoms. The molecule has 2 rings (SSSR count). The third kappa shape index (κ3) is 3.52. The first-order valence-electron chi connectivity index (χ1n) is 5.99. The summed E-state index contributed by atoms with van der Waals surface area (Å²) in [4.78, 5) is 5.00. The molecule has 0 unspecified atom stereocenters. The van der Waals surface area contributed by atoms with Crippen molar-refractivity contribution >= 4 is 39.4 Å². The van der Waals surface area contributed by atoms with Crippen LogP contribution in [0.1, 0.15) is 32.0 Å². The van der Waals surface area contributed by atoms with Gasteiger partial charge in [0, 0.05) is 22.0 Å². The van der Waals surface area contributed by atoms with Crippen molar-refractivity contribution in [1.82, 2.24) is 4.98 Å². The molecule has 0 saturated carbocycles. The van der Waals surface area contributed by atoms with Crippen molar-refractivity contribution in [3.05, 3.63) is 40.9 Å². The summed E-state index contributed by atoms with van der Waals surface area (Å²) < 4.78 is 0. The zero-order chi connectivity index (χ0) is 14.0. The van der Waals surface area contributed by atoms with Gasteiger partial charge in [-0.25, -0.2) is 4.98 Å². The average Bonchev–Trinajstić information content (AvgIpc) is 2.78. The maximum atomic E-state index is 5.57. The Morgan fingerprint density at radius 1 is 1.26 bits per heavy atom. The quantitative estimate of drug-likeness (QED) is 0.844. The van der Waals surface area contributed by atoms with Crippen LogP contribution in [0.25, 0.3) is 0 Å². The van der Waals surface area contributed by atoms with Crippen molar-refractivity contribution in [3.63, 3.8) is 0 Å². The topological polar surface area (TPSA) is 50.9 Å². The number of hydrogen-bond acceptors (Lipinski definition) is 4. The van der Waals surface area contributed by atoms with Gasteiger partial charge in [0.25, 0.3) is 0 Å². The lowest BCUT2D eigenvalue weighted by molar-refractivity contribution is 0.573. The average molecular weight is 291 g/mol. The van der Waals surface area contributed by atoms with Gasteiger partial charge in [-0.1, -0.05) is 33.0 Å². The number of rotatable bonds is 3. The molecular formula is C14H17N3S2. The molecule has 0 spiro atoms. The number of nitrogens with one attached hydrogen (secondary N) is 1. The lowest BCUT2D eigenvalue weighted by Gasteiger charge is -2.14. The number of benzene rings is 1. The van der Waals surface area contributed by atoms with E-state index in [-0.39, 0.29) is 5.41 Å². The minimum absolute atomic E-state index is 0.0754.